The van der Waals surface area contributed by atoms with Crippen LogP contribution >= 0.6 is 0 Å². The number of nitriles is 1. The van der Waals surface area contributed by atoms with Crippen LogP contribution in [0.5, 0.6) is 5.75 Å². The fraction of sp³-hybridized carbons (Fsp3) is 0. The van der Waals surface area contributed by atoms with Crippen molar-refractivity contribution in [2.75, 3.05) is 0 Å². The first-order valence-electron chi connectivity index (χ1n) is 5.12. The molecule has 3 nitrogen and oxygen atoms in total. The number of aliphatic imine (C=N–C) groups is 1. The van der Waals surface area contributed by atoms with Crippen molar-refractivity contribution in [2.45, 2.75) is 0 Å². The first kappa shape index (κ1) is 14.1. The van der Waals surface area contributed by atoms with E-state index in [2.05, 4.69) is 11.1 Å². The van der Waals surface area contributed by atoms with Crippen molar-refractivity contribution in [3.8, 4) is 11.8 Å². The number of hydrogen-bond donors (Lipinski definition) is 1. The summed E-state index contributed by atoms with van der Waals surface area (Å²) in [6.45, 7) is 0. The number of benzene rings is 2. The normalized spacial score (nSPS) is 9.72. The second-order valence-electron chi connectivity index (χ2n) is 3.48. The minimum absolute atomic E-state index is 0. The molecule has 0 aliphatic carbocycles. The molecule has 2 aromatic carbocycles. The zero-order valence-corrected chi connectivity index (χ0v) is 10.0. The van der Waals surface area contributed by atoms with Gasteiger partial charge in [-0.2, -0.15) is 5.26 Å². The Hall–Kier alpha value is -2.00. The molecule has 2 aromatic rings. The Balaban J connectivity index is 0.00000162. The van der Waals surface area contributed by atoms with E-state index in [0.29, 0.717) is 16.8 Å². The van der Waals surface area contributed by atoms with Gasteiger partial charge in [0.1, 0.15) is 5.75 Å². The average molecular weight is 229 g/mol. The summed E-state index contributed by atoms with van der Waals surface area (Å²) in [6, 6.07) is 16.0. The van der Waals surface area contributed by atoms with Crippen LogP contribution in [0.1, 0.15) is 11.1 Å². The van der Waals surface area contributed by atoms with Gasteiger partial charge in [-0.05, 0) is 30.3 Å². The molecule has 1 N–H and O–H groups in total. The third kappa shape index (κ3) is 3.50. The zero-order valence-electron chi connectivity index (χ0n) is 10.0. The largest absolute Gasteiger partial charge is 1.00 e. The predicted molar refractivity (Wildman–Crippen MR) is 66.5 cm³/mol. The van der Waals surface area contributed by atoms with E-state index in [1.165, 1.54) is 0 Å². The summed E-state index contributed by atoms with van der Waals surface area (Å²) in [5.41, 5.74) is 1.90. The predicted octanol–water partition coefficient (Wildman–Crippen LogP) is 0.0185. The second-order valence-corrected chi connectivity index (χ2v) is 3.48. The number of nitrogens with zero attached hydrogens (tertiary/aromatic N) is 2. The summed E-state index contributed by atoms with van der Waals surface area (Å²) in [5, 5.41) is 18.3. The molecule has 0 fully saturated rings. The molecule has 0 saturated heterocycles. The first-order chi connectivity index (χ1) is 8.29. The van der Waals surface area contributed by atoms with E-state index in [0.717, 1.165) is 0 Å². The van der Waals surface area contributed by atoms with Gasteiger partial charge in [0.05, 0.1) is 17.3 Å². The van der Waals surface area contributed by atoms with Crippen LogP contribution < -0.4 is 18.9 Å². The van der Waals surface area contributed by atoms with E-state index in [-0.39, 0.29) is 24.6 Å². The Morgan fingerprint density at radius 1 is 1.11 bits per heavy atom. The Labute approximate surface area is 118 Å². The van der Waals surface area contributed by atoms with Crippen molar-refractivity contribution in [1.82, 2.24) is 0 Å². The van der Waals surface area contributed by atoms with E-state index in [4.69, 9.17) is 5.26 Å². The molecule has 0 aromatic heterocycles. The van der Waals surface area contributed by atoms with Gasteiger partial charge in [0.15, 0.2) is 0 Å². The summed E-state index contributed by atoms with van der Waals surface area (Å²) < 4.78 is 0. The smallest absolute Gasteiger partial charge is 0.507 e. The van der Waals surface area contributed by atoms with Gasteiger partial charge in [0.2, 0.25) is 0 Å². The zero-order chi connectivity index (χ0) is 12.1. The molecule has 4 heteroatoms. The van der Waals surface area contributed by atoms with E-state index in [9.17, 15) is 5.11 Å². The van der Waals surface area contributed by atoms with Crippen molar-refractivity contribution in [3.05, 3.63) is 59.7 Å². The van der Waals surface area contributed by atoms with Gasteiger partial charge < -0.3 is 5.11 Å². The molecule has 0 unspecified atom stereocenters. The maximum Gasteiger partial charge on any atom is 1.00 e. The average Bonchev–Trinajstić information content (AvgIpc) is 2.38. The Bertz CT molecular complexity index is 603. The SMILES string of the molecule is N#Cc1cccc(/N=C\c2ccccc2O)c1.[Li+]. The fourth-order valence-electron chi connectivity index (χ4n) is 1.40. The standard InChI is InChI=1S/C14H10N2O.Li/c15-9-11-4-3-6-13(8-11)16-10-12-5-1-2-7-14(12)17;/h1-8,10,17H;/q;+1/b16-10-;. The number of phenols is 1. The van der Waals surface area contributed by atoms with Gasteiger partial charge >= 0.3 is 18.9 Å². The molecule has 0 saturated carbocycles. The second kappa shape index (κ2) is 6.66. The molecular weight excluding hydrogens is 219 g/mol. The van der Waals surface area contributed by atoms with Crippen LogP contribution in [0.25, 0.3) is 0 Å². The Morgan fingerprint density at radius 3 is 2.61 bits per heavy atom. The van der Waals surface area contributed by atoms with Gasteiger partial charge in [-0.25, -0.2) is 0 Å². The van der Waals surface area contributed by atoms with Crippen molar-refractivity contribution < 1.29 is 24.0 Å². The molecule has 0 aliphatic rings. The van der Waals surface area contributed by atoms with Gasteiger partial charge in [-0.15, -0.1) is 0 Å². The number of hydrogen-bond acceptors (Lipinski definition) is 3. The summed E-state index contributed by atoms with van der Waals surface area (Å²) in [5.74, 6) is 0.188. The molecule has 0 aliphatic heterocycles. The van der Waals surface area contributed by atoms with Crippen molar-refractivity contribution in [3.63, 3.8) is 0 Å². The molecule has 0 spiro atoms. The van der Waals surface area contributed by atoms with Crippen LogP contribution in [-0.4, -0.2) is 11.3 Å². The number of rotatable bonds is 2. The van der Waals surface area contributed by atoms with Crippen LogP contribution in [0.3, 0.4) is 0 Å². The van der Waals surface area contributed by atoms with Gasteiger partial charge in [-0.1, -0.05) is 18.2 Å². The summed E-state index contributed by atoms with van der Waals surface area (Å²) in [7, 11) is 0. The topological polar surface area (TPSA) is 56.4 Å². The van der Waals surface area contributed by atoms with Crippen molar-refractivity contribution in [2.24, 2.45) is 4.99 Å². The van der Waals surface area contributed by atoms with E-state index in [1.807, 2.05) is 6.07 Å². The van der Waals surface area contributed by atoms with E-state index in [1.54, 1.807) is 48.7 Å². The molecule has 0 heterocycles. The Kier molecular flexibility index (Phi) is 5.21. The Morgan fingerprint density at radius 2 is 1.89 bits per heavy atom. The molecular formula is C14H10LiN2O+. The van der Waals surface area contributed by atoms with Gasteiger partial charge in [0, 0.05) is 11.8 Å². The molecule has 2 rings (SSSR count). The fourth-order valence-corrected chi connectivity index (χ4v) is 1.40. The maximum absolute atomic E-state index is 9.55. The number of phenolic OH excluding ortho intramolecular Hbond substituents is 1. The third-order valence-corrected chi connectivity index (χ3v) is 2.26. The first-order valence-corrected chi connectivity index (χ1v) is 5.12. The van der Waals surface area contributed by atoms with Crippen LogP contribution in [0, 0.1) is 11.3 Å². The molecule has 0 radical (unpaired) electrons. The van der Waals surface area contributed by atoms with Crippen LogP contribution in [0.2, 0.25) is 0 Å². The summed E-state index contributed by atoms with van der Waals surface area (Å²) in [6.07, 6.45) is 1.58. The van der Waals surface area contributed by atoms with E-state index < -0.39 is 0 Å². The molecule has 0 atom stereocenters. The van der Waals surface area contributed by atoms with E-state index >= 15 is 0 Å². The third-order valence-electron chi connectivity index (χ3n) is 2.26. The van der Waals surface area contributed by atoms with Gasteiger partial charge in [-0.3, -0.25) is 4.99 Å². The molecule has 0 amide bonds. The minimum Gasteiger partial charge on any atom is -0.507 e. The van der Waals surface area contributed by atoms with Gasteiger partial charge in [0.25, 0.3) is 0 Å². The van der Waals surface area contributed by atoms with Crippen LogP contribution in [-0.2, 0) is 0 Å². The molecule has 82 valence electrons. The minimum atomic E-state index is 0. The van der Waals surface area contributed by atoms with Crippen LogP contribution in [0.15, 0.2) is 53.5 Å². The number of aromatic hydroxyl groups is 1. The summed E-state index contributed by atoms with van der Waals surface area (Å²) >= 11 is 0. The van der Waals surface area contributed by atoms with Crippen molar-refractivity contribution in [1.29, 1.82) is 5.26 Å². The maximum atomic E-state index is 9.55. The molecule has 18 heavy (non-hydrogen) atoms. The summed E-state index contributed by atoms with van der Waals surface area (Å²) in [4.78, 5) is 4.21. The van der Waals surface area contributed by atoms with Crippen molar-refractivity contribution >= 4 is 11.9 Å². The monoisotopic (exact) mass is 229 g/mol. The molecule has 0 bridgehead atoms. The quantitative estimate of drug-likeness (QED) is 0.583. The number of para-hydroxylation sites is 1. The van der Waals surface area contributed by atoms with Crippen LogP contribution in [0.4, 0.5) is 5.69 Å².